The zero-order valence-corrected chi connectivity index (χ0v) is 18.1. The van der Waals surface area contributed by atoms with E-state index in [0.29, 0.717) is 36.5 Å². The van der Waals surface area contributed by atoms with Gasteiger partial charge < -0.3 is 19.6 Å². The lowest BCUT2D eigenvalue weighted by Crippen LogP contribution is -2.42. The number of hydrogen-bond acceptors (Lipinski definition) is 7. The first-order chi connectivity index (χ1) is 15.5. The van der Waals surface area contributed by atoms with Gasteiger partial charge in [0.25, 0.3) is 11.8 Å². The highest BCUT2D eigenvalue weighted by Gasteiger charge is 2.29. The lowest BCUT2D eigenvalue weighted by molar-refractivity contribution is -0.0248. The summed E-state index contributed by atoms with van der Waals surface area (Å²) in [5.41, 5.74) is 2.76. The van der Waals surface area contributed by atoms with Crippen molar-refractivity contribution in [3.8, 4) is 0 Å². The average molecular weight is 435 g/mol. The molecule has 3 heterocycles. The van der Waals surface area contributed by atoms with E-state index in [1.54, 1.807) is 24.2 Å². The molecule has 32 heavy (non-hydrogen) atoms. The molecule has 1 aromatic carbocycles. The topological polar surface area (TPSA) is 109 Å². The van der Waals surface area contributed by atoms with E-state index in [9.17, 15) is 14.7 Å². The van der Waals surface area contributed by atoms with E-state index < -0.39 is 6.10 Å². The Kier molecular flexibility index (Phi) is 6.38. The van der Waals surface area contributed by atoms with E-state index >= 15 is 0 Å². The first kappa shape index (κ1) is 21.8. The average Bonchev–Trinajstić information content (AvgIpc) is 2.83. The van der Waals surface area contributed by atoms with Crippen LogP contribution in [0.3, 0.4) is 0 Å². The molecular formula is C23H25N5O4. The number of carbonyl (C=O) groups excluding carboxylic acids is 2. The van der Waals surface area contributed by atoms with Gasteiger partial charge in [-0.15, -0.1) is 0 Å². The predicted molar refractivity (Wildman–Crippen MR) is 117 cm³/mol. The largest absolute Gasteiger partial charge is 0.395 e. The first-order valence-corrected chi connectivity index (χ1v) is 10.4. The van der Waals surface area contributed by atoms with E-state index in [0.717, 1.165) is 11.1 Å². The van der Waals surface area contributed by atoms with Gasteiger partial charge in [0, 0.05) is 31.7 Å². The summed E-state index contributed by atoms with van der Waals surface area (Å²) in [7, 11) is 1.65. The predicted octanol–water partition coefficient (Wildman–Crippen LogP) is 1.61. The molecule has 1 aliphatic rings. The molecule has 1 atom stereocenters. The maximum absolute atomic E-state index is 13.0. The second-order valence-corrected chi connectivity index (χ2v) is 7.72. The van der Waals surface area contributed by atoms with E-state index in [1.807, 2.05) is 31.2 Å². The molecule has 0 unspecified atom stereocenters. The first-order valence-electron chi connectivity index (χ1n) is 10.4. The standard InChI is InChI=1S/C23H25N5O4/c1-15-12-25-20(13-24-15)23(31)28-8-10-32-21(14-28)19-11-17(22(30)27(2)7-9-29)16-5-3-4-6-18(16)26-19/h3-6,11-13,21,29H,7-10,14H2,1-2H3/t21-/m0/s1. The van der Waals surface area contributed by atoms with Crippen molar-refractivity contribution in [2.45, 2.75) is 13.0 Å². The van der Waals surface area contributed by atoms with Crippen LogP contribution in [0.1, 0.15) is 38.3 Å². The van der Waals surface area contributed by atoms with Crippen LogP contribution in [-0.4, -0.2) is 81.6 Å². The number of pyridine rings is 1. The Bertz CT molecular complexity index is 1130. The summed E-state index contributed by atoms with van der Waals surface area (Å²) in [5, 5.41) is 9.95. The molecule has 166 valence electrons. The number of aromatic nitrogens is 3. The number of aryl methyl sites for hydroxylation is 1. The molecule has 0 spiro atoms. The summed E-state index contributed by atoms with van der Waals surface area (Å²) < 4.78 is 5.93. The zero-order chi connectivity index (χ0) is 22.7. The lowest BCUT2D eigenvalue weighted by atomic mass is 10.0. The molecule has 0 saturated carbocycles. The molecule has 1 N–H and O–H groups in total. The molecular weight excluding hydrogens is 410 g/mol. The van der Waals surface area contributed by atoms with Crippen molar-refractivity contribution in [3.63, 3.8) is 0 Å². The van der Waals surface area contributed by atoms with E-state index in [2.05, 4.69) is 9.97 Å². The molecule has 9 heteroatoms. The maximum atomic E-state index is 13.0. The van der Waals surface area contributed by atoms with Crippen LogP contribution in [0.25, 0.3) is 10.9 Å². The van der Waals surface area contributed by atoms with Crippen LogP contribution in [0.2, 0.25) is 0 Å². The summed E-state index contributed by atoms with van der Waals surface area (Å²) in [5.74, 6) is -0.428. The van der Waals surface area contributed by atoms with Crippen molar-refractivity contribution in [1.82, 2.24) is 24.8 Å². The van der Waals surface area contributed by atoms with Crippen LogP contribution in [-0.2, 0) is 4.74 Å². The zero-order valence-electron chi connectivity index (χ0n) is 18.1. The van der Waals surface area contributed by atoms with Crippen LogP contribution in [0.15, 0.2) is 42.7 Å². The number of aliphatic hydroxyl groups excluding tert-OH is 1. The van der Waals surface area contributed by atoms with Gasteiger partial charge in [-0.05, 0) is 19.1 Å². The molecule has 4 rings (SSSR count). The fraction of sp³-hybridized carbons (Fsp3) is 0.348. The van der Waals surface area contributed by atoms with Gasteiger partial charge in [0.1, 0.15) is 11.8 Å². The van der Waals surface area contributed by atoms with E-state index in [-0.39, 0.29) is 30.7 Å². The molecule has 0 bridgehead atoms. The number of nitrogens with zero attached hydrogens (tertiary/aromatic N) is 5. The third-order valence-corrected chi connectivity index (χ3v) is 5.43. The summed E-state index contributed by atoms with van der Waals surface area (Å²) in [6, 6.07) is 9.13. The number of para-hydroxylation sites is 1. The molecule has 9 nitrogen and oxygen atoms in total. The monoisotopic (exact) mass is 435 g/mol. The minimum atomic E-state index is -0.481. The van der Waals surface area contributed by atoms with Crippen LogP contribution in [0, 0.1) is 6.92 Å². The van der Waals surface area contributed by atoms with Crippen molar-refractivity contribution in [1.29, 1.82) is 0 Å². The lowest BCUT2D eigenvalue weighted by Gasteiger charge is -2.32. The number of fused-ring (bicyclic) bond motifs is 1. The molecule has 0 radical (unpaired) electrons. The van der Waals surface area contributed by atoms with Crippen molar-refractivity contribution in [2.75, 3.05) is 39.9 Å². The van der Waals surface area contributed by atoms with Crippen LogP contribution >= 0.6 is 0 Å². The fourth-order valence-electron chi connectivity index (χ4n) is 3.67. The van der Waals surface area contributed by atoms with Gasteiger partial charge in [-0.25, -0.2) is 9.97 Å². The smallest absolute Gasteiger partial charge is 0.274 e. The SMILES string of the molecule is Cc1cnc(C(=O)N2CCO[C@H](c3cc(C(=O)N(C)CCO)c4ccccc4n3)C2)cn1. The van der Waals surface area contributed by atoms with Gasteiger partial charge >= 0.3 is 0 Å². The van der Waals surface area contributed by atoms with E-state index in [4.69, 9.17) is 9.72 Å². The highest BCUT2D eigenvalue weighted by atomic mass is 16.5. The van der Waals surface area contributed by atoms with Gasteiger partial charge in [-0.3, -0.25) is 14.6 Å². The van der Waals surface area contributed by atoms with Crippen LogP contribution in [0.5, 0.6) is 0 Å². The molecule has 0 aliphatic carbocycles. The summed E-state index contributed by atoms with van der Waals surface area (Å²) in [6.07, 6.45) is 2.56. The Morgan fingerprint density at radius 3 is 2.81 bits per heavy atom. The Balaban J connectivity index is 1.64. The number of aliphatic hydroxyl groups is 1. The Labute approximate surface area is 185 Å². The number of ether oxygens (including phenoxy) is 1. The van der Waals surface area contributed by atoms with Gasteiger partial charge in [0.2, 0.25) is 0 Å². The number of carbonyl (C=O) groups is 2. The normalized spacial score (nSPS) is 16.2. The third-order valence-electron chi connectivity index (χ3n) is 5.43. The maximum Gasteiger partial charge on any atom is 0.274 e. The highest BCUT2D eigenvalue weighted by Crippen LogP contribution is 2.27. The van der Waals surface area contributed by atoms with Crippen molar-refractivity contribution >= 4 is 22.7 Å². The molecule has 3 aromatic rings. The number of morpholine rings is 1. The van der Waals surface area contributed by atoms with Gasteiger partial charge in [-0.1, -0.05) is 18.2 Å². The van der Waals surface area contributed by atoms with Crippen molar-refractivity contribution < 1.29 is 19.4 Å². The number of hydrogen-bond donors (Lipinski definition) is 1. The highest BCUT2D eigenvalue weighted by molar-refractivity contribution is 6.06. The Morgan fingerprint density at radius 1 is 1.25 bits per heavy atom. The summed E-state index contributed by atoms with van der Waals surface area (Å²) in [6.45, 7) is 2.99. The quantitative estimate of drug-likeness (QED) is 0.649. The van der Waals surface area contributed by atoms with Gasteiger partial charge in [0.15, 0.2) is 0 Å². The number of likely N-dealkylation sites (N-methyl/N-ethyl adjacent to an activating group) is 1. The second kappa shape index (κ2) is 9.37. The number of benzene rings is 1. The molecule has 2 aromatic heterocycles. The minimum Gasteiger partial charge on any atom is -0.395 e. The molecule has 1 aliphatic heterocycles. The number of amides is 2. The van der Waals surface area contributed by atoms with Gasteiger partial charge in [0.05, 0.1) is 48.4 Å². The van der Waals surface area contributed by atoms with Gasteiger partial charge in [-0.2, -0.15) is 0 Å². The number of rotatable bonds is 5. The van der Waals surface area contributed by atoms with Crippen molar-refractivity contribution in [2.24, 2.45) is 0 Å². The van der Waals surface area contributed by atoms with Crippen molar-refractivity contribution in [3.05, 3.63) is 65.4 Å². The van der Waals surface area contributed by atoms with Crippen LogP contribution < -0.4 is 0 Å². The Hall–Kier alpha value is -3.43. The van der Waals surface area contributed by atoms with Crippen LogP contribution in [0.4, 0.5) is 0 Å². The molecule has 1 fully saturated rings. The summed E-state index contributed by atoms with van der Waals surface area (Å²) in [4.78, 5) is 42.1. The second-order valence-electron chi connectivity index (χ2n) is 7.72. The molecule has 2 amide bonds. The summed E-state index contributed by atoms with van der Waals surface area (Å²) >= 11 is 0. The Morgan fingerprint density at radius 2 is 2.06 bits per heavy atom. The minimum absolute atomic E-state index is 0.122. The molecule has 1 saturated heterocycles. The third kappa shape index (κ3) is 4.44. The van der Waals surface area contributed by atoms with E-state index in [1.165, 1.54) is 11.1 Å². The fourth-order valence-corrected chi connectivity index (χ4v) is 3.67.